The summed E-state index contributed by atoms with van der Waals surface area (Å²) in [6.45, 7) is 6.81. The van der Waals surface area contributed by atoms with Crippen LogP contribution in [-0.2, 0) is 0 Å². The minimum Gasteiger partial charge on any atom is -0.355 e. The first-order valence-electron chi connectivity index (χ1n) is 6.52. The van der Waals surface area contributed by atoms with Gasteiger partial charge in [0.25, 0.3) is 0 Å². The average molecular weight is 259 g/mol. The normalized spacial score (nSPS) is 30.3. The van der Waals surface area contributed by atoms with Gasteiger partial charge in [0.1, 0.15) is 17.9 Å². The second kappa shape index (κ2) is 3.79. The van der Waals surface area contributed by atoms with Crippen LogP contribution >= 0.6 is 7.26 Å². The van der Waals surface area contributed by atoms with Gasteiger partial charge in [-0.1, -0.05) is 51.1 Å². The maximum Gasteiger partial charge on any atom is 0.193 e. The van der Waals surface area contributed by atoms with Crippen molar-refractivity contribution in [2.75, 3.05) is 6.16 Å². The molecule has 2 unspecified atom stereocenters. The van der Waals surface area contributed by atoms with Gasteiger partial charge in [0, 0.05) is 11.0 Å². The minimum atomic E-state index is -1.42. The number of allylic oxidation sites excluding steroid dienone is 2. The first-order chi connectivity index (χ1) is 8.48. The lowest BCUT2D eigenvalue weighted by molar-refractivity contribution is 0.305. The fourth-order valence-electron chi connectivity index (χ4n) is 3.26. The Bertz CT molecular complexity index is 536. The summed E-state index contributed by atoms with van der Waals surface area (Å²) in [6.07, 6.45) is 5.22. The van der Waals surface area contributed by atoms with Crippen molar-refractivity contribution in [2.24, 2.45) is 5.41 Å². The van der Waals surface area contributed by atoms with Gasteiger partial charge >= 0.3 is 0 Å². The molecule has 2 atom stereocenters. The molecule has 0 radical (unpaired) electrons. The zero-order chi connectivity index (χ0) is 13.0. The zero-order valence-corrected chi connectivity index (χ0v) is 12.1. The van der Waals surface area contributed by atoms with Crippen molar-refractivity contribution in [1.82, 2.24) is 0 Å². The van der Waals surface area contributed by atoms with E-state index in [1.165, 1.54) is 10.9 Å². The predicted octanol–water partition coefficient (Wildman–Crippen LogP) is 4.32. The molecule has 0 saturated heterocycles. The summed E-state index contributed by atoms with van der Waals surface area (Å²) in [7, 11) is -1.42. The summed E-state index contributed by atoms with van der Waals surface area (Å²) in [6, 6.07) is 10.6. The monoisotopic (exact) mass is 259 g/mol. The topological polar surface area (TPSA) is 20.2 Å². The molecule has 0 amide bonds. The van der Waals surface area contributed by atoms with Crippen LogP contribution in [0.2, 0.25) is 0 Å². The standard InChI is InChI=1S/C16H20OP/c1-16(2,3)15-14(12-8-5-4-6-9-12)18(15)11-7-10-13(18)17/h4-10,13,17H,11H2,1-3H3/q+1. The van der Waals surface area contributed by atoms with E-state index in [1.807, 2.05) is 6.08 Å². The molecule has 1 nitrogen and oxygen atoms in total. The molecule has 1 spiro atoms. The molecule has 2 heterocycles. The highest BCUT2D eigenvalue weighted by Crippen LogP contribution is 2.96. The van der Waals surface area contributed by atoms with E-state index >= 15 is 0 Å². The van der Waals surface area contributed by atoms with E-state index in [4.69, 9.17) is 0 Å². The Labute approximate surface area is 110 Å². The van der Waals surface area contributed by atoms with Crippen LogP contribution in [0.15, 0.2) is 47.8 Å². The van der Waals surface area contributed by atoms with Gasteiger partial charge in [-0.3, -0.25) is 0 Å². The Morgan fingerprint density at radius 3 is 2.33 bits per heavy atom. The van der Waals surface area contributed by atoms with Crippen LogP contribution in [-0.4, -0.2) is 17.1 Å². The second-order valence-corrected chi connectivity index (χ2v) is 9.73. The lowest BCUT2D eigenvalue weighted by Gasteiger charge is -2.17. The quantitative estimate of drug-likeness (QED) is 0.588. The molecule has 3 rings (SSSR count). The van der Waals surface area contributed by atoms with Crippen LogP contribution in [0.1, 0.15) is 26.3 Å². The van der Waals surface area contributed by atoms with Crippen molar-refractivity contribution in [1.29, 1.82) is 0 Å². The third-order valence-corrected chi connectivity index (χ3v) is 8.49. The first-order valence-corrected chi connectivity index (χ1v) is 8.56. The number of hydrogen-bond donors (Lipinski definition) is 1. The lowest BCUT2D eigenvalue weighted by Crippen LogP contribution is -2.07. The summed E-state index contributed by atoms with van der Waals surface area (Å²) in [4.78, 5) is 0. The number of hydrogen-bond acceptors (Lipinski definition) is 1. The van der Waals surface area contributed by atoms with Gasteiger partial charge in [0.15, 0.2) is 5.85 Å². The maximum atomic E-state index is 10.4. The Morgan fingerprint density at radius 2 is 1.83 bits per heavy atom. The van der Waals surface area contributed by atoms with Crippen LogP contribution in [0.25, 0.3) is 5.31 Å². The Morgan fingerprint density at radius 1 is 1.17 bits per heavy atom. The van der Waals surface area contributed by atoms with Crippen molar-refractivity contribution >= 4 is 12.6 Å². The first kappa shape index (κ1) is 12.1. The van der Waals surface area contributed by atoms with Crippen LogP contribution in [0.3, 0.4) is 0 Å². The molecule has 0 aliphatic carbocycles. The van der Waals surface area contributed by atoms with E-state index in [9.17, 15) is 5.11 Å². The number of aliphatic hydroxyl groups is 1. The third kappa shape index (κ3) is 1.54. The molecular weight excluding hydrogens is 239 g/mol. The Kier molecular flexibility index (Phi) is 2.56. The van der Waals surface area contributed by atoms with Gasteiger partial charge in [-0.15, -0.1) is 0 Å². The minimum absolute atomic E-state index is 0.173. The highest BCUT2D eigenvalue weighted by molar-refractivity contribution is 7.98. The Hall–Kier alpha value is -0.910. The van der Waals surface area contributed by atoms with Gasteiger partial charge in [-0.25, -0.2) is 0 Å². The number of rotatable bonds is 1. The smallest absolute Gasteiger partial charge is 0.193 e. The van der Waals surface area contributed by atoms with Gasteiger partial charge in [-0.2, -0.15) is 0 Å². The molecule has 0 bridgehead atoms. The van der Waals surface area contributed by atoms with Crippen LogP contribution < -0.4 is 0 Å². The molecule has 94 valence electrons. The summed E-state index contributed by atoms with van der Waals surface area (Å²) in [5.41, 5.74) is 1.49. The fraction of sp³-hybridized carbons (Fsp3) is 0.375. The number of benzene rings is 1. The van der Waals surface area contributed by atoms with Gasteiger partial charge < -0.3 is 5.11 Å². The molecule has 2 heteroatoms. The molecular formula is C16H20OP+. The summed E-state index contributed by atoms with van der Waals surface area (Å²) in [5, 5.41) is 13.4. The van der Waals surface area contributed by atoms with Crippen molar-refractivity contribution in [3.63, 3.8) is 0 Å². The van der Waals surface area contributed by atoms with Crippen LogP contribution in [0.5, 0.6) is 0 Å². The molecule has 0 aromatic heterocycles. The van der Waals surface area contributed by atoms with Crippen molar-refractivity contribution < 1.29 is 5.11 Å². The van der Waals surface area contributed by atoms with Crippen LogP contribution in [0, 0.1) is 5.41 Å². The summed E-state index contributed by atoms with van der Waals surface area (Å²) in [5.74, 6) is -0.234. The highest BCUT2D eigenvalue weighted by atomic mass is 31.2. The van der Waals surface area contributed by atoms with Crippen molar-refractivity contribution in [3.05, 3.63) is 53.4 Å². The number of aliphatic hydroxyl groups excluding tert-OH is 1. The Balaban J connectivity index is 2.08. The van der Waals surface area contributed by atoms with E-state index in [-0.39, 0.29) is 11.3 Å². The van der Waals surface area contributed by atoms with Gasteiger partial charge in [0.2, 0.25) is 0 Å². The van der Waals surface area contributed by atoms with Gasteiger partial charge in [-0.05, 0) is 12.2 Å². The van der Waals surface area contributed by atoms with Crippen LogP contribution in [0.4, 0.5) is 0 Å². The third-order valence-electron chi connectivity index (χ3n) is 3.88. The molecule has 2 aliphatic heterocycles. The molecule has 1 aromatic rings. The maximum absolute atomic E-state index is 10.4. The van der Waals surface area contributed by atoms with E-state index in [0.29, 0.717) is 0 Å². The summed E-state index contributed by atoms with van der Waals surface area (Å²) >= 11 is 0. The second-order valence-electron chi connectivity index (χ2n) is 6.21. The molecule has 18 heavy (non-hydrogen) atoms. The average Bonchev–Trinajstić information content (AvgIpc) is 2.87. The van der Waals surface area contributed by atoms with Gasteiger partial charge in [0.05, 0.1) is 6.16 Å². The summed E-state index contributed by atoms with van der Waals surface area (Å²) < 4.78 is 0. The molecule has 1 N–H and O–H groups in total. The molecule has 1 aromatic carbocycles. The largest absolute Gasteiger partial charge is 0.355 e. The molecule has 2 aliphatic rings. The van der Waals surface area contributed by atoms with E-state index in [1.54, 1.807) is 5.31 Å². The van der Waals surface area contributed by atoms with E-state index < -0.39 is 7.26 Å². The molecule has 0 fully saturated rings. The van der Waals surface area contributed by atoms with E-state index in [2.05, 4.69) is 57.2 Å². The lowest BCUT2D eigenvalue weighted by atomic mass is 9.95. The zero-order valence-electron chi connectivity index (χ0n) is 11.2. The SMILES string of the molecule is CC(C)(C)C1=C(c2ccccc2)[P+]12CC=CC2O. The predicted molar refractivity (Wildman–Crippen MR) is 79.8 cm³/mol. The fourth-order valence-corrected chi connectivity index (χ4v) is 8.48. The van der Waals surface area contributed by atoms with Crippen molar-refractivity contribution in [2.45, 2.75) is 26.6 Å². The molecule has 0 saturated carbocycles. The van der Waals surface area contributed by atoms with Crippen molar-refractivity contribution in [3.8, 4) is 0 Å². The van der Waals surface area contributed by atoms with E-state index in [0.717, 1.165) is 6.16 Å². The highest BCUT2D eigenvalue weighted by Gasteiger charge is 2.71.